The molecule has 1 aromatic heterocycles. The van der Waals surface area contributed by atoms with E-state index in [1.54, 1.807) is 6.92 Å². The predicted octanol–water partition coefficient (Wildman–Crippen LogP) is 2.50. The lowest BCUT2D eigenvalue weighted by Crippen LogP contribution is -2.52. The van der Waals surface area contributed by atoms with E-state index < -0.39 is 11.4 Å². The topological polar surface area (TPSA) is 79.3 Å². The summed E-state index contributed by atoms with van der Waals surface area (Å²) in [6, 6.07) is 1.14. The summed E-state index contributed by atoms with van der Waals surface area (Å²) in [6.07, 6.45) is 5.89. The molecule has 0 saturated heterocycles. The number of carboxylic acid groups (broad SMARTS) is 1. The fourth-order valence-corrected chi connectivity index (χ4v) is 2.82. The number of carbonyl (C=O) groups is 2. The van der Waals surface area contributed by atoms with E-state index in [2.05, 4.69) is 10.3 Å². The number of aromatic nitrogens is 1. The Morgan fingerprint density at radius 1 is 1.50 bits per heavy atom. The fourth-order valence-electron chi connectivity index (χ4n) is 2.62. The number of nitrogens with one attached hydrogen (secondary N) is 1. The van der Waals surface area contributed by atoms with Crippen molar-refractivity contribution in [1.82, 2.24) is 10.3 Å². The van der Waals surface area contributed by atoms with Crippen molar-refractivity contribution < 1.29 is 14.7 Å². The van der Waals surface area contributed by atoms with Crippen LogP contribution in [0.5, 0.6) is 0 Å². The standard InChI is InChI=1S/C14H17ClN2O3/c1-14(13(19)20)6-3-2-4-11(14)17-12(18)9-5-7-16-8-10(9)15/h5,7-8,11H,2-4,6H2,1H3,(H,17,18)(H,19,20). The molecule has 1 saturated carbocycles. The van der Waals surface area contributed by atoms with Crippen molar-refractivity contribution in [1.29, 1.82) is 0 Å². The van der Waals surface area contributed by atoms with E-state index in [1.807, 2.05) is 0 Å². The van der Waals surface area contributed by atoms with Crippen molar-refractivity contribution >= 4 is 23.5 Å². The van der Waals surface area contributed by atoms with Crippen molar-refractivity contribution in [2.75, 3.05) is 0 Å². The van der Waals surface area contributed by atoms with Crippen molar-refractivity contribution in [2.24, 2.45) is 5.41 Å². The number of carboxylic acids is 1. The summed E-state index contributed by atoms with van der Waals surface area (Å²) < 4.78 is 0. The van der Waals surface area contributed by atoms with Crippen molar-refractivity contribution in [3.05, 3.63) is 29.0 Å². The Balaban J connectivity index is 2.18. The van der Waals surface area contributed by atoms with E-state index in [-0.39, 0.29) is 17.0 Å². The third-order valence-corrected chi connectivity index (χ3v) is 4.32. The number of carbonyl (C=O) groups excluding carboxylic acids is 1. The van der Waals surface area contributed by atoms with Crippen LogP contribution in [0, 0.1) is 5.41 Å². The minimum Gasteiger partial charge on any atom is -0.481 e. The van der Waals surface area contributed by atoms with Gasteiger partial charge in [0.05, 0.1) is 16.0 Å². The summed E-state index contributed by atoms with van der Waals surface area (Å²) in [5.74, 6) is -1.22. The van der Waals surface area contributed by atoms with Crippen LogP contribution >= 0.6 is 11.6 Å². The SMILES string of the molecule is CC1(C(=O)O)CCCCC1NC(=O)c1ccncc1Cl. The minimum atomic E-state index is -0.923. The second-order valence-electron chi connectivity index (χ2n) is 5.35. The van der Waals surface area contributed by atoms with E-state index in [4.69, 9.17) is 11.6 Å². The number of pyridine rings is 1. The molecule has 1 aromatic rings. The molecular weight excluding hydrogens is 280 g/mol. The van der Waals surface area contributed by atoms with Crippen LogP contribution in [-0.4, -0.2) is 28.0 Å². The fraction of sp³-hybridized carbons (Fsp3) is 0.500. The Morgan fingerprint density at radius 3 is 2.90 bits per heavy atom. The van der Waals surface area contributed by atoms with Crippen molar-refractivity contribution in [2.45, 2.75) is 38.6 Å². The Bertz CT molecular complexity index is 535. The maximum atomic E-state index is 12.2. The van der Waals surface area contributed by atoms with Gasteiger partial charge in [-0.15, -0.1) is 0 Å². The number of amides is 1. The van der Waals surface area contributed by atoms with Gasteiger partial charge >= 0.3 is 5.97 Å². The maximum absolute atomic E-state index is 12.2. The normalized spacial score (nSPS) is 26.0. The summed E-state index contributed by atoms with van der Waals surface area (Å²) in [6.45, 7) is 1.69. The van der Waals surface area contributed by atoms with Crippen LogP contribution in [0.1, 0.15) is 43.0 Å². The first-order valence-corrected chi connectivity index (χ1v) is 6.97. The lowest BCUT2D eigenvalue weighted by Gasteiger charge is -2.38. The first-order chi connectivity index (χ1) is 9.45. The summed E-state index contributed by atoms with van der Waals surface area (Å²) in [4.78, 5) is 27.5. The summed E-state index contributed by atoms with van der Waals surface area (Å²) >= 11 is 5.93. The number of hydrogen-bond donors (Lipinski definition) is 2. The quantitative estimate of drug-likeness (QED) is 0.898. The van der Waals surface area contributed by atoms with E-state index >= 15 is 0 Å². The zero-order chi connectivity index (χ0) is 14.8. The average molecular weight is 297 g/mol. The molecule has 0 bridgehead atoms. The summed E-state index contributed by atoms with van der Waals surface area (Å²) in [5, 5.41) is 12.5. The molecule has 0 aromatic carbocycles. The second kappa shape index (κ2) is 5.79. The monoisotopic (exact) mass is 296 g/mol. The molecule has 20 heavy (non-hydrogen) atoms. The summed E-state index contributed by atoms with van der Waals surface area (Å²) in [5.41, 5.74) is -0.604. The third-order valence-electron chi connectivity index (χ3n) is 4.02. The molecule has 1 aliphatic carbocycles. The van der Waals surface area contributed by atoms with E-state index in [1.165, 1.54) is 18.5 Å². The maximum Gasteiger partial charge on any atom is 0.311 e. The van der Waals surface area contributed by atoms with Crippen LogP contribution in [0.2, 0.25) is 5.02 Å². The van der Waals surface area contributed by atoms with Gasteiger partial charge in [-0.2, -0.15) is 0 Å². The largest absolute Gasteiger partial charge is 0.481 e. The highest BCUT2D eigenvalue weighted by molar-refractivity contribution is 6.33. The molecule has 6 heteroatoms. The molecule has 1 heterocycles. The number of aliphatic carboxylic acids is 1. The first kappa shape index (κ1) is 14.8. The Labute approximate surface area is 122 Å². The van der Waals surface area contributed by atoms with Crippen LogP contribution in [0.15, 0.2) is 18.5 Å². The lowest BCUT2D eigenvalue weighted by molar-refractivity contribution is -0.151. The van der Waals surface area contributed by atoms with Crippen LogP contribution in [-0.2, 0) is 4.79 Å². The number of rotatable bonds is 3. The Hall–Kier alpha value is -1.62. The van der Waals surface area contributed by atoms with Crippen molar-refractivity contribution in [3.8, 4) is 0 Å². The number of hydrogen-bond acceptors (Lipinski definition) is 3. The van der Waals surface area contributed by atoms with Gasteiger partial charge < -0.3 is 10.4 Å². The molecular formula is C14H17ClN2O3. The molecule has 5 nitrogen and oxygen atoms in total. The van der Waals surface area contributed by atoms with E-state index in [9.17, 15) is 14.7 Å². The lowest BCUT2D eigenvalue weighted by atomic mass is 9.71. The molecule has 0 spiro atoms. The van der Waals surface area contributed by atoms with Gasteiger partial charge in [-0.25, -0.2) is 0 Å². The molecule has 2 unspecified atom stereocenters. The zero-order valence-corrected chi connectivity index (χ0v) is 12.0. The molecule has 2 rings (SSSR count). The molecule has 1 amide bonds. The molecule has 2 N–H and O–H groups in total. The predicted molar refractivity (Wildman–Crippen MR) is 74.7 cm³/mol. The van der Waals surface area contributed by atoms with Gasteiger partial charge in [-0.05, 0) is 25.8 Å². The zero-order valence-electron chi connectivity index (χ0n) is 11.2. The highest BCUT2D eigenvalue weighted by atomic mass is 35.5. The van der Waals surface area contributed by atoms with Gasteiger partial charge in [0, 0.05) is 18.4 Å². The molecule has 1 fully saturated rings. The van der Waals surface area contributed by atoms with Gasteiger partial charge in [0.2, 0.25) is 0 Å². The van der Waals surface area contributed by atoms with Gasteiger partial charge in [-0.3, -0.25) is 14.6 Å². The molecule has 0 radical (unpaired) electrons. The summed E-state index contributed by atoms with van der Waals surface area (Å²) in [7, 11) is 0. The van der Waals surface area contributed by atoms with Gasteiger partial charge in [0.15, 0.2) is 0 Å². The van der Waals surface area contributed by atoms with Crippen LogP contribution in [0.3, 0.4) is 0 Å². The highest BCUT2D eigenvalue weighted by Gasteiger charge is 2.44. The number of halogens is 1. The van der Waals surface area contributed by atoms with E-state index in [0.717, 1.165) is 12.8 Å². The molecule has 1 aliphatic rings. The van der Waals surface area contributed by atoms with Gasteiger partial charge in [-0.1, -0.05) is 24.4 Å². The first-order valence-electron chi connectivity index (χ1n) is 6.59. The molecule has 0 aliphatic heterocycles. The van der Waals surface area contributed by atoms with Gasteiger partial charge in [0.1, 0.15) is 0 Å². The highest BCUT2D eigenvalue weighted by Crippen LogP contribution is 2.36. The molecule has 108 valence electrons. The van der Waals surface area contributed by atoms with Gasteiger partial charge in [0.25, 0.3) is 5.91 Å². The smallest absolute Gasteiger partial charge is 0.311 e. The second-order valence-corrected chi connectivity index (χ2v) is 5.76. The van der Waals surface area contributed by atoms with Crippen LogP contribution in [0.4, 0.5) is 0 Å². The Morgan fingerprint density at radius 2 is 2.25 bits per heavy atom. The van der Waals surface area contributed by atoms with Crippen molar-refractivity contribution in [3.63, 3.8) is 0 Å². The van der Waals surface area contributed by atoms with E-state index in [0.29, 0.717) is 18.4 Å². The number of nitrogens with zero attached hydrogens (tertiary/aromatic N) is 1. The minimum absolute atomic E-state index is 0.262. The van der Waals surface area contributed by atoms with Crippen LogP contribution < -0.4 is 5.32 Å². The van der Waals surface area contributed by atoms with Crippen LogP contribution in [0.25, 0.3) is 0 Å². The molecule has 2 atom stereocenters. The third kappa shape index (κ3) is 2.77. The average Bonchev–Trinajstić information content (AvgIpc) is 2.41. The Kier molecular flexibility index (Phi) is 4.28.